The normalized spacial score (nSPS) is 19.7. The van der Waals surface area contributed by atoms with Gasteiger partial charge in [0, 0.05) is 6.61 Å². The lowest BCUT2D eigenvalue weighted by Gasteiger charge is -2.09. The quantitative estimate of drug-likeness (QED) is 0.655. The molecule has 64 valence electrons. The molecule has 0 saturated heterocycles. The molecule has 3 nitrogen and oxygen atoms in total. The summed E-state index contributed by atoms with van der Waals surface area (Å²) in [5, 5.41) is 8.38. The van der Waals surface area contributed by atoms with Gasteiger partial charge >= 0.3 is 5.97 Å². The van der Waals surface area contributed by atoms with Crippen LogP contribution in [0.4, 0.5) is 0 Å². The molecule has 1 unspecified atom stereocenters. The maximum atomic E-state index is 10.2. The van der Waals surface area contributed by atoms with Crippen LogP contribution in [-0.2, 0) is 9.53 Å². The lowest BCUT2D eigenvalue weighted by Crippen LogP contribution is -2.14. The van der Waals surface area contributed by atoms with Crippen molar-refractivity contribution in [2.45, 2.75) is 32.3 Å². The summed E-state index contributed by atoms with van der Waals surface area (Å²) in [7, 11) is 0. The predicted molar refractivity (Wildman–Crippen MR) is 40.4 cm³/mol. The summed E-state index contributed by atoms with van der Waals surface area (Å²) in [5.74, 6) is -0.0699. The number of hydrogen-bond acceptors (Lipinski definition) is 2. The molecule has 0 amide bonds. The molecular weight excluding hydrogens is 144 g/mol. The molecule has 1 N–H and O–H groups in total. The van der Waals surface area contributed by atoms with Gasteiger partial charge in [0.1, 0.15) is 0 Å². The highest BCUT2D eigenvalue weighted by Gasteiger charge is 2.22. The Morgan fingerprint density at radius 2 is 2.36 bits per heavy atom. The van der Waals surface area contributed by atoms with Crippen LogP contribution in [0.15, 0.2) is 0 Å². The Balaban J connectivity index is 1.99. The van der Waals surface area contributed by atoms with E-state index in [0.717, 1.165) is 6.61 Å². The van der Waals surface area contributed by atoms with Gasteiger partial charge in [0.15, 0.2) is 0 Å². The largest absolute Gasteiger partial charge is 0.481 e. The second kappa shape index (κ2) is 3.72. The van der Waals surface area contributed by atoms with E-state index < -0.39 is 5.97 Å². The maximum Gasteiger partial charge on any atom is 0.305 e. The minimum atomic E-state index is -0.784. The fourth-order valence-electron chi connectivity index (χ4n) is 0.890. The van der Waals surface area contributed by atoms with Gasteiger partial charge in [-0.05, 0) is 25.7 Å². The van der Waals surface area contributed by atoms with Crippen molar-refractivity contribution in [1.29, 1.82) is 0 Å². The molecule has 0 aromatic carbocycles. The van der Waals surface area contributed by atoms with Crippen molar-refractivity contribution >= 4 is 5.97 Å². The molecule has 0 aromatic rings. The summed E-state index contributed by atoms with van der Waals surface area (Å²) in [6, 6.07) is 0. The zero-order valence-electron chi connectivity index (χ0n) is 6.75. The standard InChI is InChI=1S/C8H14O3/c1-6(4-8(9)10)11-5-7-2-3-7/h6-7H,2-5H2,1H3,(H,9,10). The van der Waals surface area contributed by atoms with Crippen LogP contribution in [0.3, 0.4) is 0 Å². The van der Waals surface area contributed by atoms with Crippen molar-refractivity contribution in [2.75, 3.05) is 6.61 Å². The molecule has 1 aliphatic carbocycles. The average molecular weight is 158 g/mol. The van der Waals surface area contributed by atoms with Crippen LogP contribution in [0, 0.1) is 5.92 Å². The third-order valence-corrected chi connectivity index (χ3v) is 1.78. The fraction of sp³-hybridized carbons (Fsp3) is 0.875. The molecule has 1 saturated carbocycles. The van der Waals surface area contributed by atoms with Crippen molar-refractivity contribution < 1.29 is 14.6 Å². The lowest BCUT2D eigenvalue weighted by molar-refractivity contribution is -0.139. The highest BCUT2D eigenvalue weighted by atomic mass is 16.5. The van der Waals surface area contributed by atoms with E-state index in [1.165, 1.54) is 12.8 Å². The SMILES string of the molecule is CC(CC(=O)O)OCC1CC1. The Kier molecular flexibility index (Phi) is 2.88. The molecular formula is C8H14O3. The molecule has 0 aromatic heterocycles. The molecule has 0 spiro atoms. The van der Waals surface area contributed by atoms with E-state index in [9.17, 15) is 4.79 Å². The van der Waals surface area contributed by atoms with E-state index in [1.807, 2.05) is 0 Å². The first-order chi connectivity index (χ1) is 5.18. The van der Waals surface area contributed by atoms with Gasteiger partial charge in [0.2, 0.25) is 0 Å². The van der Waals surface area contributed by atoms with E-state index in [0.29, 0.717) is 5.92 Å². The van der Waals surface area contributed by atoms with Crippen LogP contribution in [0.5, 0.6) is 0 Å². The molecule has 1 fully saturated rings. The van der Waals surface area contributed by atoms with Crippen LogP contribution in [0.1, 0.15) is 26.2 Å². The Bertz CT molecular complexity index is 140. The maximum absolute atomic E-state index is 10.2. The number of carboxylic acids is 1. The van der Waals surface area contributed by atoms with E-state index in [-0.39, 0.29) is 12.5 Å². The Morgan fingerprint density at radius 1 is 1.73 bits per heavy atom. The van der Waals surface area contributed by atoms with Crippen molar-refractivity contribution in [3.63, 3.8) is 0 Å². The highest BCUT2D eigenvalue weighted by Crippen LogP contribution is 2.29. The minimum absolute atomic E-state index is 0.118. The molecule has 11 heavy (non-hydrogen) atoms. The summed E-state index contributed by atoms with van der Waals surface area (Å²) in [6.07, 6.45) is 2.49. The highest BCUT2D eigenvalue weighted by molar-refractivity contribution is 5.67. The Labute approximate surface area is 66.4 Å². The second-order valence-electron chi connectivity index (χ2n) is 3.19. The van der Waals surface area contributed by atoms with Crippen LogP contribution < -0.4 is 0 Å². The van der Waals surface area contributed by atoms with E-state index in [4.69, 9.17) is 9.84 Å². The number of ether oxygens (including phenoxy) is 1. The van der Waals surface area contributed by atoms with Gasteiger partial charge in [-0.25, -0.2) is 0 Å². The average Bonchev–Trinajstić information content (AvgIpc) is 2.63. The van der Waals surface area contributed by atoms with Gasteiger partial charge < -0.3 is 9.84 Å². The third-order valence-electron chi connectivity index (χ3n) is 1.78. The van der Waals surface area contributed by atoms with E-state index in [1.54, 1.807) is 6.92 Å². The first kappa shape index (κ1) is 8.53. The topological polar surface area (TPSA) is 46.5 Å². The number of hydrogen-bond donors (Lipinski definition) is 1. The van der Waals surface area contributed by atoms with Crippen molar-refractivity contribution in [3.8, 4) is 0 Å². The fourth-order valence-corrected chi connectivity index (χ4v) is 0.890. The van der Waals surface area contributed by atoms with Gasteiger partial charge in [-0.1, -0.05) is 0 Å². The predicted octanol–water partition coefficient (Wildman–Crippen LogP) is 1.28. The summed E-state index contributed by atoms with van der Waals surface area (Å²) in [5.41, 5.74) is 0. The number of carboxylic acid groups (broad SMARTS) is 1. The summed E-state index contributed by atoms with van der Waals surface area (Å²) in [4.78, 5) is 10.2. The van der Waals surface area contributed by atoms with Crippen LogP contribution >= 0.6 is 0 Å². The minimum Gasteiger partial charge on any atom is -0.481 e. The summed E-state index contributed by atoms with van der Waals surface area (Å²) < 4.78 is 5.30. The smallest absolute Gasteiger partial charge is 0.305 e. The summed E-state index contributed by atoms with van der Waals surface area (Å²) in [6.45, 7) is 2.55. The van der Waals surface area contributed by atoms with Gasteiger partial charge in [-0.2, -0.15) is 0 Å². The van der Waals surface area contributed by atoms with Crippen molar-refractivity contribution in [1.82, 2.24) is 0 Å². The van der Waals surface area contributed by atoms with Crippen molar-refractivity contribution in [2.24, 2.45) is 5.92 Å². The van der Waals surface area contributed by atoms with Crippen LogP contribution in [-0.4, -0.2) is 23.8 Å². The molecule has 0 aliphatic heterocycles. The molecule has 1 aliphatic rings. The Hall–Kier alpha value is -0.570. The molecule has 0 radical (unpaired) electrons. The second-order valence-corrected chi connectivity index (χ2v) is 3.19. The van der Waals surface area contributed by atoms with Crippen LogP contribution in [0.25, 0.3) is 0 Å². The Morgan fingerprint density at radius 3 is 2.82 bits per heavy atom. The first-order valence-corrected chi connectivity index (χ1v) is 4.02. The van der Waals surface area contributed by atoms with Gasteiger partial charge in [-0.15, -0.1) is 0 Å². The zero-order valence-corrected chi connectivity index (χ0v) is 6.75. The first-order valence-electron chi connectivity index (χ1n) is 4.02. The van der Waals surface area contributed by atoms with E-state index >= 15 is 0 Å². The number of rotatable bonds is 5. The van der Waals surface area contributed by atoms with E-state index in [2.05, 4.69) is 0 Å². The molecule has 0 bridgehead atoms. The summed E-state index contributed by atoms with van der Waals surface area (Å²) >= 11 is 0. The number of aliphatic carboxylic acids is 1. The van der Waals surface area contributed by atoms with Gasteiger partial charge in [0.25, 0.3) is 0 Å². The molecule has 1 rings (SSSR count). The molecule has 3 heteroatoms. The lowest BCUT2D eigenvalue weighted by atomic mass is 10.3. The monoisotopic (exact) mass is 158 g/mol. The van der Waals surface area contributed by atoms with Crippen LogP contribution in [0.2, 0.25) is 0 Å². The molecule has 1 atom stereocenters. The van der Waals surface area contributed by atoms with Gasteiger partial charge in [-0.3, -0.25) is 4.79 Å². The number of carbonyl (C=O) groups is 1. The zero-order chi connectivity index (χ0) is 8.27. The molecule has 0 heterocycles. The van der Waals surface area contributed by atoms with Crippen molar-refractivity contribution in [3.05, 3.63) is 0 Å². The third kappa shape index (κ3) is 3.98. The van der Waals surface area contributed by atoms with Gasteiger partial charge in [0.05, 0.1) is 12.5 Å².